The number of piperidine rings is 1. The highest BCUT2D eigenvalue weighted by molar-refractivity contribution is 7.17. The van der Waals surface area contributed by atoms with Crippen molar-refractivity contribution in [2.75, 3.05) is 31.5 Å². The summed E-state index contributed by atoms with van der Waals surface area (Å²) in [6.07, 6.45) is 6.03. The highest BCUT2D eigenvalue weighted by atomic mass is 32.1. The van der Waals surface area contributed by atoms with Crippen LogP contribution in [0.4, 0.5) is 10.5 Å². The lowest BCUT2D eigenvalue weighted by atomic mass is 9.85. The van der Waals surface area contributed by atoms with Gasteiger partial charge in [-0.1, -0.05) is 30.3 Å². The number of anilines is 1. The molecule has 2 aromatic heterocycles. The first kappa shape index (κ1) is 21.7. The number of fused-ring (bicyclic) bond motifs is 1. The number of unbranched alkanes of at least 4 members (excludes halogenated alkanes) is 1. The Morgan fingerprint density at radius 3 is 2.74 bits per heavy atom. The fraction of sp³-hybridized carbons (Fsp3) is 0.417. The Morgan fingerprint density at radius 1 is 1.13 bits per heavy atom. The highest BCUT2D eigenvalue weighted by Crippen LogP contribution is 2.27. The lowest BCUT2D eigenvalue weighted by Gasteiger charge is -2.38. The average Bonchev–Trinajstić information content (AvgIpc) is 3.25. The van der Waals surface area contributed by atoms with Crippen molar-refractivity contribution in [2.45, 2.75) is 37.7 Å². The number of thiophene rings is 1. The molecule has 164 valence electrons. The Bertz CT molecular complexity index is 983. The Kier molecular flexibility index (Phi) is 7.17. The van der Waals surface area contributed by atoms with E-state index in [0.29, 0.717) is 6.54 Å². The lowest BCUT2D eigenvalue weighted by Crippen LogP contribution is -2.46. The zero-order chi connectivity index (χ0) is 21.5. The summed E-state index contributed by atoms with van der Waals surface area (Å²) in [6.45, 7) is 3.51. The highest BCUT2D eigenvalue weighted by Gasteiger charge is 2.32. The van der Waals surface area contributed by atoms with Gasteiger partial charge in [-0.25, -0.2) is 4.79 Å². The number of amides is 2. The van der Waals surface area contributed by atoms with E-state index in [1.165, 1.54) is 5.56 Å². The van der Waals surface area contributed by atoms with E-state index in [1.807, 2.05) is 35.7 Å². The number of rotatable bonds is 8. The molecule has 1 aliphatic heterocycles. The van der Waals surface area contributed by atoms with Gasteiger partial charge in [-0.05, 0) is 55.3 Å². The normalized spacial score (nSPS) is 16.3. The van der Waals surface area contributed by atoms with Crippen LogP contribution in [-0.4, -0.2) is 52.8 Å². The van der Waals surface area contributed by atoms with Gasteiger partial charge in [-0.15, -0.1) is 11.3 Å². The topological polar surface area (TPSA) is 77.5 Å². The van der Waals surface area contributed by atoms with Crippen LogP contribution in [-0.2, 0) is 6.42 Å². The molecule has 0 bridgehead atoms. The van der Waals surface area contributed by atoms with Crippen LogP contribution in [0, 0.1) is 0 Å². The first-order chi connectivity index (χ1) is 15.1. The zero-order valence-corrected chi connectivity index (χ0v) is 18.5. The predicted molar refractivity (Wildman–Crippen MR) is 127 cm³/mol. The molecule has 0 radical (unpaired) electrons. The van der Waals surface area contributed by atoms with Crippen LogP contribution in [0.3, 0.4) is 0 Å². The number of carbonyl (C=O) groups is 1. The molecule has 7 heteroatoms. The van der Waals surface area contributed by atoms with Crippen LogP contribution >= 0.6 is 11.3 Å². The molecular formula is C24H30N4O2S. The molecule has 1 fully saturated rings. The fourth-order valence-electron chi connectivity index (χ4n) is 4.15. The van der Waals surface area contributed by atoms with Crippen LogP contribution in [0.15, 0.2) is 54.0 Å². The Hall–Kier alpha value is -2.48. The van der Waals surface area contributed by atoms with Crippen LogP contribution in [0.25, 0.3) is 10.2 Å². The third-order valence-corrected chi connectivity index (χ3v) is 6.88. The predicted octanol–water partition coefficient (Wildman–Crippen LogP) is 4.27. The summed E-state index contributed by atoms with van der Waals surface area (Å²) in [5, 5.41) is 18.7. The van der Waals surface area contributed by atoms with Crippen molar-refractivity contribution in [3.05, 3.63) is 59.6 Å². The maximum atomic E-state index is 12.2. The minimum Gasteiger partial charge on any atom is -0.389 e. The summed E-state index contributed by atoms with van der Waals surface area (Å²) in [7, 11) is 0. The van der Waals surface area contributed by atoms with E-state index in [-0.39, 0.29) is 6.03 Å². The molecule has 31 heavy (non-hydrogen) atoms. The molecule has 2 amide bonds. The summed E-state index contributed by atoms with van der Waals surface area (Å²) in [5.74, 6) is 0. The second-order valence-electron chi connectivity index (χ2n) is 8.31. The van der Waals surface area contributed by atoms with E-state index in [9.17, 15) is 9.90 Å². The van der Waals surface area contributed by atoms with Gasteiger partial charge >= 0.3 is 6.03 Å². The van der Waals surface area contributed by atoms with E-state index in [0.717, 1.165) is 67.6 Å². The first-order valence-corrected chi connectivity index (χ1v) is 11.9. The molecule has 0 saturated carbocycles. The molecule has 4 rings (SSSR count). The van der Waals surface area contributed by atoms with Crippen molar-refractivity contribution >= 4 is 33.3 Å². The number of aromatic nitrogens is 1. The molecule has 0 aliphatic carbocycles. The lowest BCUT2D eigenvalue weighted by molar-refractivity contribution is -0.0208. The Labute approximate surface area is 187 Å². The van der Waals surface area contributed by atoms with Gasteiger partial charge in [0.05, 0.1) is 21.5 Å². The van der Waals surface area contributed by atoms with E-state index >= 15 is 0 Å². The quantitative estimate of drug-likeness (QED) is 0.459. The van der Waals surface area contributed by atoms with Gasteiger partial charge in [0, 0.05) is 32.3 Å². The van der Waals surface area contributed by atoms with Crippen molar-refractivity contribution in [3.8, 4) is 0 Å². The standard InChI is InChI=1S/C24H30N4O2S/c29-23(27-21-8-13-25-20-9-17-31-22(20)21)26-12-4-5-14-28-15-10-24(30,11-16-28)18-19-6-2-1-3-7-19/h1-3,6-9,13,17,30H,4-5,10-12,14-16,18H2,(H2,25,26,27,29). The van der Waals surface area contributed by atoms with Gasteiger partial charge in [0.1, 0.15) is 0 Å². The van der Waals surface area contributed by atoms with E-state index in [2.05, 4.69) is 32.7 Å². The van der Waals surface area contributed by atoms with Crippen molar-refractivity contribution in [1.29, 1.82) is 0 Å². The van der Waals surface area contributed by atoms with Crippen LogP contribution in [0.1, 0.15) is 31.2 Å². The number of nitrogens with zero attached hydrogens (tertiary/aromatic N) is 2. The van der Waals surface area contributed by atoms with Gasteiger partial charge in [-0.2, -0.15) is 0 Å². The average molecular weight is 439 g/mol. The molecule has 3 N–H and O–H groups in total. The van der Waals surface area contributed by atoms with Crippen LogP contribution < -0.4 is 10.6 Å². The third kappa shape index (κ3) is 6.03. The second kappa shape index (κ2) is 10.2. The number of hydrogen-bond acceptors (Lipinski definition) is 5. The third-order valence-electron chi connectivity index (χ3n) is 5.94. The van der Waals surface area contributed by atoms with Crippen molar-refractivity contribution in [1.82, 2.24) is 15.2 Å². The number of carbonyl (C=O) groups excluding carboxylic acids is 1. The number of benzene rings is 1. The molecule has 1 aliphatic rings. The van der Waals surface area contributed by atoms with Gasteiger partial charge in [0.2, 0.25) is 0 Å². The molecule has 3 heterocycles. The van der Waals surface area contributed by atoms with E-state index < -0.39 is 5.60 Å². The monoisotopic (exact) mass is 438 g/mol. The van der Waals surface area contributed by atoms with Crippen LogP contribution in [0.2, 0.25) is 0 Å². The maximum absolute atomic E-state index is 12.2. The van der Waals surface area contributed by atoms with Crippen molar-refractivity contribution in [2.24, 2.45) is 0 Å². The summed E-state index contributed by atoms with van der Waals surface area (Å²) in [4.78, 5) is 18.9. The van der Waals surface area contributed by atoms with Crippen LogP contribution in [0.5, 0.6) is 0 Å². The van der Waals surface area contributed by atoms with E-state index in [4.69, 9.17) is 0 Å². The van der Waals surface area contributed by atoms with Gasteiger partial charge in [0.15, 0.2) is 0 Å². The molecular weight excluding hydrogens is 408 g/mol. The summed E-state index contributed by atoms with van der Waals surface area (Å²) >= 11 is 1.58. The number of hydrogen-bond donors (Lipinski definition) is 3. The minimum atomic E-state index is -0.585. The van der Waals surface area contributed by atoms with Crippen molar-refractivity contribution < 1.29 is 9.90 Å². The smallest absolute Gasteiger partial charge is 0.319 e. The molecule has 0 atom stereocenters. The number of likely N-dealkylation sites (tertiary alicyclic amines) is 1. The molecule has 3 aromatic rings. The number of urea groups is 1. The largest absolute Gasteiger partial charge is 0.389 e. The SMILES string of the molecule is O=C(NCCCCN1CCC(O)(Cc2ccccc2)CC1)Nc1ccnc2ccsc12. The number of pyridine rings is 1. The molecule has 6 nitrogen and oxygen atoms in total. The van der Waals surface area contributed by atoms with Gasteiger partial charge in [-0.3, -0.25) is 4.98 Å². The van der Waals surface area contributed by atoms with Gasteiger partial charge in [0.25, 0.3) is 0 Å². The summed E-state index contributed by atoms with van der Waals surface area (Å²) < 4.78 is 0.995. The van der Waals surface area contributed by atoms with Crippen molar-refractivity contribution in [3.63, 3.8) is 0 Å². The summed E-state index contributed by atoms with van der Waals surface area (Å²) in [6, 6.07) is 13.8. The maximum Gasteiger partial charge on any atom is 0.319 e. The van der Waals surface area contributed by atoms with E-state index in [1.54, 1.807) is 17.5 Å². The first-order valence-electron chi connectivity index (χ1n) is 11.0. The molecule has 0 unspecified atom stereocenters. The Balaban J connectivity index is 1.11. The summed E-state index contributed by atoms with van der Waals surface area (Å²) in [5.41, 5.74) is 2.32. The molecule has 0 spiro atoms. The minimum absolute atomic E-state index is 0.176. The Morgan fingerprint density at radius 2 is 1.94 bits per heavy atom. The number of nitrogens with one attached hydrogen (secondary N) is 2. The number of aliphatic hydroxyl groups is 1. The molecule has 1 saturated heterocycles. The van der Waals surface area contributed by atoms with Gasteiger partial charge < -0.3 is 20.6 Å². The fourth-order valence-corrected chi connectivity index (χ4v) is 4.97. The molecule has 1 aromatic carbocycles. The zero-order valence-electron chi connectivity index (χ0n) is 17.7. The second-order valence-corrected chi connectivity index (χ2v) is 9.23.